The Morgan fingerprint density at radius 1 is 1.40 bits per heavy atom. The van der Waals surface area contributed by atoms with Crippen LogP contribution < -0.4 is 11.3 Å². The molecule has 2 aromatic heterocycles. The van der Waals surface area contributed by atoms with E-state index >= 15 is 0 Å². The largest absolute Gasteiger partial charge is 0.328 e. The molecule has 0 saturated heterocycles. The number of hydrogen-bond acceptors (Lipinski definition) is 5. The number of nitrogens with two attached hydrogens (primary N) is 1. The number of rotatable bonds is 5. The van der Waals surface area contributed by atoms with Gasteiger partial charge in [-0.15, -0.1) is 0 Å². The van der Waals surface area contributed by atoms with Gasteiger partial charge < -0.3 is 4.57 Å². The third-order valence-electron chi connectivity index (χ3n) is 3.40. The summed E-state index contributed by atoms with van der Waals surface area (Å²) in [4.78, 5) is 8.83. The summed E-state index contributed by atoms with van der Waals surface area (Å²) < 4.78 is 2.19. The number of nitrogens with one attached hydrogen (secondary N) is 2. The van der Waals surface area contributed by atoms with Gasteiger partial charge in [-0.25, -0.2) is 15.4 Å². The Balaban J connectivity index is 1.97. The number of benzene rings is 1. The summed E-state index contributed by atoms with van der Waals surface area (Å²) in [7, 11) is 0. The third kappa shape index (κ3) is 2.17. The van der Waals surface area contributed by atoms with Crippen molar-refractivity contribution in [3.63, 3.8) is 0 Å². The monoisotopic (exact) mass is 271 g/mol. The fourth-order valence-corrected chi connectivity index (χ4v) is 2.43. The molecule has 0 bridgehead atoms. The first-order chi connectivity index (χ1) is 9.83. The van der Waals surface area contributed by atoms with E-state index in [2.05, 4.69) is 43.1 Å². The molecule has 0 fully saturated rings. The number of hydrazine groups is 1. The van der Waals surface area contributed by atoms with Crippen molar-refractivity contribution in [3.05, 3.63) is 42.2 Å². The van der Waals surface area contributed by atoms with Crippen LogP contribution in [0.3, 0.4) is 0 Å². The van der Waals surface area contributed by atoms with Crippen molar-refractivity contribution in [2.24, 2.45) is 5.84 Å². The number of fused-ring (bicyclic) bond motifs is 1. The lowest BCUT2D eigenvalue weighted by Crippen LogP contribution is -2.31. The van der Waals surface area contributed by atoms with Gasteiger partial charge in [0.05, 0.1) is 17.1 Å². The molecule has 0 aliphatic heterocycles. The van der Waals surface area contributed by atoms with Crippen molar-refractivity contribution in [1.82, 2.24) is 30.2 Å². The van der Waals surface area contributed by atoms with E-state index in [4.69, 9.17) is 5.84 Å². The van der Waals surface area contributed by atoms with Gasteiger partial charge in [-0.1, -0.05) is 12.1 Å². The van der Waals surface area contributed by atoms with Crippen molar-refractivity contribution in [2.45, 2.75) is 25.9 Å². The number of aromatic nitrogens is 5. The Bertz CT molecular complexity index is 686. The zero-order valence-corrected chi connectivity index (χ0v) is 11.2. The lowest BCUT2D eigenvalue weighted by molar-refractivity contribution is 0.502. The summed E-state index contributed by atoms with van der Waals surface area (Å²) in [5.41, 5.74) is 4.90. The lowest BCUT2D eigenvalue weighted by Gasteiger charge is -2.13. The van der Waals surface area contributed by atoms with E-state index in [-0.39, 0.29) is 6.04 Å². The average Bonchev–Trinajstić information content (AvgIpc) is 3.11. The molecule has 0 amide bonds. The Labute approximate surface area is 116 Å². The van der Waals surface area contributed by atoms with Gasteiger partial charge in [0.1, 0.15) is 18.0 Å². The first kappa shape index (κ1) is 12.8. The van der Waals surface area contributed by atoms with Gasteiger partial charge in [0.15, 0.2) is 0 Å². The van der Waals surface area contributed by atoms with Gasteiger partial charge in [-0.3, -0.25) is 10.9 Å². The van der Waals surface area contributed by atoms with Crippen LogP contribution in [0.25, 0.3) is 11.0 Å². The number of H-pyrrole nitrogens is 1. The van der Waals surface area contributed by atoms with Gasteiger partial charge in [0.25, 0.3) is 0 Å². The molecular weight excluding hydrogens is 254 g/mol. The van der Waals surface area contributed by atoms with Crippen molar-refractivity contribution >= 4 is 11.0 Å². The van der Waals surface area contributed by atoms with Crippen LogP contribution >= 0.6 is 0 Å². The van der Waals surface area contributed by atoms with Crippen LogP contribution in [-0.4, -0.2) is 24.7 Å². The van der Waals surface area contributed by atoms with E-state index in [1.807, 2.05) is 18.2 Å². The summed E-state index contributed by atoms with van der Waals surface area (Å²) in [6, 6.07) is 7.97. The first-order valence-electron chi connectivity index (χ1n) is 6.59. The van der Waals surface area contributed by atoms with Gasteiger partial charge >= 0.3 is 0 Å². The summed E-state index contributed by atoms with van der Waals surface area (Å²) in [5.74, 6) is 7.31. The minimum atomic E-state index is -0.139. The van der Waals surface area contributed by atoms with Crippen LogP contribution in [-0.2, 0) is 13.0 Å². The van der Waals surface area contributed by atoms with E-state index < -0.39 is 0 Å². The predicted molar refractivity (Wildman–Crippen MR) is 75.6 cm³/mol. The Morgan fingerprint density at radius 2 is 2.25 bits per heavy atom. The number of aryl methyl sites for hydroxylation is 1. The van der Waals surface area contributed by atoms with Crippen LogP contribution in [0.5, 0.6) is 0 Å². The molecule has 3 rings (SSSR count). The highest BCUT2D eigenvalue weighted by Crippen LogP contribution is 2.20. The Kier molecular flexibility index (Phi) is 3.44. The van der Waals surface area contributed by atoms with E-state index in [0.717, 1.165) is 23.4 Å². The maximum Gasteiger partial charge on any atom is 0.143 e. The zero-order chi connectivity index (χ0) is 13.9. The van der Waals surface area contributed by atoms with Crippen LogP contribution in [0, 0.1) is 0 Å². The second-order valence-electron chi connectivity index (χ2n) is 4.56. The molecule has 1 atom stereocenters. The number of imidazole rings is 1. The first-order valence-corrected chi connectivity index (χ1v) is 6.59. The molecular formula is C13H17N7. The summed E-state index contributed by atoms with van der Waals surface area (Å²) in [6.07, 6.45) is 2.12. The quantitative estimate of drug-likeness (QED) is 0.473. The summed E-state index contributed by atoms with van der Waals surface area (Å²) in [5, 5.41) is 6.70. The molecule has 7 heteroatoms. The number of hydrogen-bond donors (Lipinski definition) is 3. The van der Waals surface area contributed by atoms with Crippen molar-refractivity contribution in [2.75, 3.05) is 0 Å². The molecule has 1 unspecified atom stereocenters. The van der Waals surface area contributed by atoms with E-state index in [9.17, 15) is 0 Å². The van der Waals surface area contributed by atoms with Crippen molar-refractivity contribution in [1.29, 1.82) is 0 Å². The molecule has 3 aromatic rings. The highest BCUT2D eigenvalue weighted by molar-refractivity contribution is 5.75. The molecule has 2 heterocycles. The predicted octanol–water partition coefficient (Wildman–Crippen LogP) is 0.921. The number of para-hydroxylation sites is 2. The molecule has 7 nitrogen and oxygen atoms in total. The minimum absolute atomic E-state index is 0.139. The smallest absolute Gasteiger partial charge is 0.143 e. The Hall–Kier alpha value is -2.25. The zero-order valence-electron chi connectivity index (χ0n) is 11.2. The number of nitrogens with zero attached hydrogens (tertiary/aromatic N) is 4. The fourth-order valence-electron chi connectivity index (χ4n) is 2.43. The van der Waals surface area contributed by atoms with E-state index in [1.165, 1.54) is 6.33 Å². The topological polar surface area (TPSA) is 97.4 Å². The second kappa shape index (κ2) is 5.40. The van der Waals surface area contributed by atoms with Crippen LogP contribution in [0.2, 0.25) is 0 Å². The fraction of sp³-hybridized carbons (Fsp3) is 0.308. The molecule has 0 aliphatic rings. The second-order valence-corrected chi connectivity index (χ2v) is 4.56. The highest BCUT2D eigenvalue weighted by Gasteiger charge is 2.18. The van der Waals surface area contributed by atoms with E-state index in [1.54, 1.807) is 0 Å². The maximum absolute atomic E-state index is 5.62. The molecule has 0 spiro atoms. The normalized spacial score (nSPS) is 12.9. The molecule has 20 heavy (non-hydrogen) atoms. The lowest BCUT2D eigenvalue weighted by atomic mass is 10.2. The van der Waals surface area contributed by atoms with Crippen LogP contribution in [0.15, 0.2) is 30.6 Å². The van der Waals surface area contributed by atoms with Crippen LogP contribution in [0.1, 0.15) is 24.6 Å². The van der Waals surface area contributed by atoms with Gasteiger partial charge in [-0.2, -0.15) is 5.10 Å². The van der Waals surface area contributed by atoms with Gasteiger partial charge in [0, 0.05) is 13.0 Å². The molecule has 0 radical (unpaired) electrons. The summed E-state index contributed by atoms with van der Waals surface area (Å²) >= 11 is 0. The maximum atomic E-state index is 5.62. The van der Waals surface area contributed by atoms with Crippen LogP contribution in [0.4, 0.5) is 0 Å². The van der Waals surface area contributed by atoms with Gasteiger partial charge in [-0.05, 0) is 19.1 Å². The third-order valence-corrected chi connectivity index (χ3v) is 3.40. The molecule has 1 aromatic carbocycles. The van der Waals surface area contributed by atoms with Gasteiger partial charge in [0.2, 0.25) is 0 Å². The standard InChI is InChI=1S/C13H17N7/c1-2-20-11-6-4-3-5-9(11)17-12(20)7-10(18-14)13-15-8-16-19-13/h3-6,8,10,18H,2,7,14H2,1H3,(H,15,16,19). The molecule has 0 aliphatic carbocycles. The van der Waals surface area contributed by atoms with E-state index in [0.29, 0.717) is 12.2 Å². The minimum Gasteiger partial charge on any atom is -0.328 e. The number of aromatic amines is 1. The van der Waals surface area contributed by atoms with Crippen molar-refractivity contribution in [3.8, 4) is 0 Å². The summed E-state index contributed by atoms with van der Waals surface area (Å²) in [6.45, 7) is 2.97. The SMILES string of the molecule is CCn1c(CC(NN)c2ncn[nH]2)nc2ccccc21. The molecule has 0 saturated carbocycles. The Morgan fingerprint density at radius 3 is 2.95 bits per heavy atom. The average molecular weight is 271 g/mol. The van der Waals surface area contributed by atoms with Crippen molar-refractivity contribution < 1.29 is 0 Å². The molecule has 104 valence electrons. The highest BCUT2D eigenvalue weighted by atomic mass is 15.3. The molecule has 4 N–H and O–H groups in total.